The van der Waals surface area contributed by atoms with Gasteiger partial charge in [-0.2, -0.15) is 0 Å². The molecule has 0 bridgehead atoms. The molecule has 0 spiro atoms. The van der Waals surface area contributed by atoms with Crippen molar-refractivity contribution in [3.05, 3.63) is 121 Å². The second-order valence-electron chi connectivity index (χ2n) is 8.32. The lowest BCUT2D eigenvalue weighted by molar-refractivity contribution is 0.472. The Bertz CT molecular complexity index is 1500. The number of fused-ring (bicyclic) bond motifs is 1. The predicted molar refractivity (Wildman–Crippen MR) is 139 cm³/mol. The molecule has 6 heteroatoms. The van der Waals surface area contributed by atoms with Crippen LogP contribution >= 0.6 is 12.2 Å². The van der Waals surface area contributed by atoms with Crippen molar-refractivity contribution in [2.24, 2.45) is 0 Å². The number of aromatic nitrogens is 2. The molecule has 166 valence electrons. The van der Waals surface area contributed by atoms with E-state index in [2.05, 4.69) is 69.6 Å². The predicted octanol–water partition coefficient (Wildman–Crippen LogP) is 5.91. The van der Waals surface area contributed by atoms with Crippen molar-refractivity contribution in [3.63, 3.8) is 0 Å². The van der Waals surface area contributed by atoms with E-state index in [0.717, 1.165) is 17.1 Å². The van der Waals surface area contributed by atoms with Crippen LogP contribution in [0.5, 0.6) is 5.75 Å². The van der Waals surface area contributed by atoms with Crippen LogP contribution in [0.2, 0.25) is 0 Å². The van der Waals surface area contributed by atoms with Crippen LogP contribution in [0.4, 0.5) is 5.69 Å². The summed E-state index contributed by atoms with van der Waals surface area (Å²) < 4.78 is 2.19. The Morgan fingerprint density at radius 3 is 2.44 bits per heavy atom. The van der Waals surface area contributed by atoms with Gasteiger partial charge in [-0.05, 0) is 71.5 Å². The summed E-state index contributed by atoms with van der Waals surface area (Å²) in [6.07, 6.45) is 3.86. The zero-order valence-electron chi connectivity index (χ0n) is 18.2. The van der Waals surface area contributed by atoms with Crippen LogP contribution in [-0.2, 0) is 0 Å². The van der Waals surface area contributed by atoms with Crippen molar-refractivity contribution >= 4 is 33.8 Å². The molecule has 2 N–H and O–H groups in total. The molecule has 1 aliphatic rings. The highest BCUT2D eigenvalue weighted by molar-refractivity contribution is 7.80. The first kappa shape index (κ1) is 20.4. The molecule has 1 aliphatic heterocycles. The minimum absolute atomic E-state index is 0.183. The molecule has 2 atom stereocenters. The van der Waals surface area contributed by atoms with Crippen molar-refractivity contribution in [1.82, 2.24) is 14.9 Å². The van der Waals surface area contributed by atoms with Gasteiger partial charge in [-0.25, -0.2) is 0 Å². The average molecular weight is 463 g/mol. The first-order chi connectivity index (χ1) is 16.7. The molecule has 5 aromatic rings. The molecule has 0 radical (unpaired) electrons. The van der Waals surface area contributed by atoms with E-state index in [-0.39, 0.29) is 17.8 Å². The number of pyridine rings is 1. The third-order valence-corrected chi connectivity index (χ3v) is 6.65. The van der Waals surface area contributed by atoms with Crippen molar-refractivity contribution in [2.45, 2.75) is 12.1 Å². The Balaban J connectivity index is 1.53. The quantitative estimate of drug-likeness (QED) is 0.325. The van der Waals surface area contributed by atoms with Gasteiger partial charge in [-0.3, -0.25) is 4.98 Å². The Hall–Kier alpha value is -4.16. The number of hydrogen-bond donors (Lipinski definition) is 2. The zero-order chi connectivity index (χ0) is 23.1. The van der Waals surface area contributed by atoms with E-state index in [1.165, 1.54) is 10.8 Å². The Morgan fingerprint density at radius 2 is 1.62 bits per heavy atom. The number of aromatic hydroxyl groups is 1. The molecule has 34 heavy (non-hydrogen) atoms. The van der Waals surface area contributed by atoms with E-state index in [1.54, 1.807) is 12.3 Å². The van der Waals surface area contributed by atoms with E-state index >= 15 is 0 Å². The normalized spacial score (nSPS) is 17.8. The molecule has 1 saturated heterocycles. The van der Waals surface area contributed by atoms with Gasteiger partial charge < -0.3 is 19.9 Å². The van der Waals surface area contributed by atoms with Crippen molar-refractivity contribution < 1.29 is 5.11 Å². The highest BCUT2D eigenvalue weighted by atomic mass is 32.1. The molecular weight excluding hydrogens is 440 g/mol. The van der Waals surface area contributed by atoms with Crippen LogP contribution in [-0.4, -0.2) is 19.8 Å². The number of hydrogen-bond acceptors (Lipinski definition) is 3. The summed E-state index contributed by atoms with van der Waals surface area (Å²) in [7, 11) is 0. The Labute approximate surface area is 202 Å². The number of nitrogens with zero attached hydrogens (tertiary/aromatic N) is 3. The smallest absolute Gasteiger partial charge is 0.174 e. The van der Waals surface area contributed by atoms with Gasteiger partial charge in [0.05, 0.1) is 17.4 Å². The van der Waals surface area contributed by atoms with Crippen LogP contribution in [0, 0.1) is 0 Å². The van der Waals surface area contributed by atoms with Crippen molar-refractivity contribution in [2.75, 3.05) is 4.90 Å². The van der Waals surface area contributed by atoms with E-state index in [1.807, 2.05) is 47.4 Å². The maximum Gasteiger partial charge on any atom is 0.174 e. The number of thiocarbonyl (C=S) groups is 1. The minimum atomic E-state index is -0.225. The number of benzene rings is 3. The van der Waals surface area contributed by atoms with Gasteiger partial charge in [0, 0.05) is 23.8 Å². The molecule has 0 saturated carbocycles. The summed E-state index contributed by atoms with van der Waals surface area (Å²) in [5.74, 6) is 0.183. The maximum absolute atomic E-state index is 10.7. The van der Waals surface area contributed by atoms with E-state index in [4.69, 9.17) is 12.2 Å². The SMILES string of the molecule is Oc1ccccc1N1C(=S)NC(c2ccccn2)C1c1cccn1-c1ccc2ccccc2c1. The van der Waals surface area contributed by atoms with Crippen molar-refractivity contribution in [1.29, 1.82) is 0 Å². The van der Waals surface area contributed by atoms with Crippen LogP contribution in [0.1, 0.15) is 23.5 Å². The summed E-state index contributed by atoms with van der Waals surface area (Å²) in [6.45, 7) is 0. The fourth-order valence-electron chi connectivity index (χ4n) is 4.78. The van der Waals surface area contributed by atoms with Gasteiger partial charge in [0.25, 0.3) is 0 Å². The highest BCUT2D eigenvalue weighted by Crippen LogP contribution is 2.44. The van der Waals surface area contributed by atoms with Gasteiger partial charge in [0.2, 0.25) is 0 Å². The van der Waals surface area contributed by atoms with E-state index < -0.39 is 0 Å². The molecule has 1 fully saturated rings. The minimum Gasteiger partial charge on any atom is -0.506 e. The number of anilines is 1. The monoisotopic (exact) mass is 462 g/mol. The lowest BCUT2D eigenvalue weighted by atomic mass is 10.0. The molecule has 3 aromatic carbocycles. The summed E-state index contributed by atoms with van der Waals surface area (Å²) in [6, 6.07) is 31.7. The molecule has 5 nitrogen and oxygen atoms in total. The van der Waals surface area contributed by atoms with Gasteiger partial charge >= 0.3 is 0 Å². The van der Waals surface area contributed by atoms with Gasteiger partial charge in [-0.1, -0.05) is 48.5 Å². The van der Waals surface area contributed by atoms with Gasteiger partial charge in [-0.15, -0.1) is 0 Å². The lowest BCUT2D eigenvalue weighted by Gasteiger charge is -2.29. The molecule has 3 heterocycles. The second kappa shape index (κ2) is 8.32. The zero-order valence-corrected chi connectivity index (χ0v) is 19.1. The molecule has 0 amide bonds. The maximum atomic E-state index is 10.7. The first-order valence-electron chi connectivity index (χ1n) is 11.2. The molecule has 0 aliphatic carbocycles. The number of para-hydroxylation sites is 2. The first-order valence-corrected chi connectivity index (χ1v) is 11.6. The van der Waals surface area contributed by atoms with Crippen LogP contribution in [0.25, 0.3) is 16.5 Å². The van der Waals surface area contributed by atoms with Crippen LogP contribution in [0.15, 0.2) is 109 Å². The van der Waals surface area contributed by atoms with E-state index in [9.17, 15) is 5.11 Å². The van der Waals surface area contributed by atoms with Gasteiger partial charge in [0.15, 0.2) is 5.11 Å². The molecular formula is C28H22N4OS. The topological polar surface area (TPSA) is 53.3 Å². The van der Waals surface area contributed by atoms with Gasteiger partial charge in [0.1, 0.15) is 11.8 Å². The molecule has 6 rings (SSSR count). The number of nitrogens with one attached hydrogen (secondary N) is 1. The fraction of sp³-hybridized carbons (Fsp3) is 0.0714. The largest absolute Gasteiger partial charge is 0.506 e. The summed E-state index contributed by atoms with van der Waals surface area (Å²) in [4.78, 5) is 6.63. The number of rotatable bonds is 4. The average Bonchev–Trinajstić information content (AvgIpc) is 3.49. The third kappa shape index (κ3) is 3.40. The molecule has 2 aromatic heterocycles. The number of phenolic OH excluding ortho intramolecular Hbond substituents is 1. The number of phenols is 1. The molecule has 2 unspecified atom stereocenters. The Kier molecular flexibility index (Phi) is 5.00. The second-order valence-corrected chi connectivity index (χ2v) is 8.71. The fourth-order valence-corrected chi connectivity index (χ4v) is 5.12. The highest BCUT2D eigenvalue weighted by Gasteiger charge is 2.42. The van der Waals surface area contributed by atoms with E-state index in [0.29, 0.717) is 10.8 Å². The summed E-state index contributed by atoms with van der Waals surface area (Å²) in [5.41, 5.74) is 3.66. The van der Waals surface area contributed by atoms with Crippen LogP contribution in [0.3, 0.4) is 0 Å². The summed E-state index contributed by atoms with van der Waals surface area (Å²) >= 11 is 5.80. The lowest BCUT2D eigenvalue weighted by Crippen LogP contribution is -2.30. The van der Waals surface area contributed by atoms with Crippen molar-refractivity contribution in [3.8, 4) is 11.4 Å². The standard InChI is InChI=1S/C28H22N4OS/c33-25-13-4-3-11-23(25)32-27(26(30-28(32)34)22-10-5-6-16-29-22)24-12-7-17-31(24)21-15-14-19-8-1-2-9-20(19)18-21/h1-18,26-27,33H,(H,30,34). The third-order valence-electron chi connectivity index (χ3n) is 6.33. The van der Waals surface area contributed by atoms with Crippen LogP contribution < -0.4 is 10.2 Å². The summed E-state index contributed by atoms with van der Waals surface area (Å²) in [5, 5.41) is 17.1. The Morgan fingerprint density at radius 1 is 0.824 bits per heavy atom.